The lowest BCUT2D eigenvalue weighted by Crippen LogP contribution is -2.26. The second-order valence-electron chi connectivity index (χ2n) is 8.15. The number of halogens is 1. The van der Waals surface area contributed by atoms with Crippen LogP contribution in [0.2, 0.25) is 0 Å². The van der Waals surface area contributed by atoms with Crippen molar-refractivity contribution in [2.45, 2.75) is 24.6 Å². The van der Waals surface area contributed by atoms with E-state index in [0.717, 1.165) is 28.7 Å². The fourth-order valence-corrected chi connectivity index (χ4v) is 4.90. The molecule has 0 bridgehead atoms. The average Bonchev–Trinajstić information content (AvgIpc) is 3.58. The molecule has 1 saturated heterocycles. The van der Waals surface area contributed by atoms with Crippen LogP contribution in [0, 0.1) is 23.1 Å². The van der Waals surface area contributed by atoms with Crippen LogP contribution in [0.25, 0.3) is 22.3 Å². The van der Waals surface area contributed by atoms with Crippen LogP contribution in [-0.4, -0.2) is 51.6 Å². The van der Waals surface area contributed by atoms with Gasteiger partial charge in [-0.3, -0.25) is 8.89 Å². The Kier molecular flexibility index (Phi) is 6.04. The van der Waals surface area contributed by atoms with E-state index in [0.29, 0.717) is 18.8 Å². The first-order valence-electron chi connectivity index (χ1n) is 10.7. The second-order valence-corrected chi connectivity index (χ2v) is 9.05. The van der Waals surface area contributed by atoms with Crippen molar-refractivity contribution < 1.29 is 13.2 Å². The standard InChI is InChI=1S/C22H21FN8O2S/c23-18-2-1-16(12-34(32)33)29-22(18)30-8-5-14(10-30)19(3-6-24)31-11-15(9-28-31)20-17-4-7-25-21(17)27-13-26-20/h1-2,4,7,9,11,13-14,19H,3,5,8,10,12H2,(H,32,33)(H,25,26,27)/p-1. The van der Waals surface area contributed by atoms with E-state index >= 15 is 0 Å². The van der Waals surface area contributed by atoms with E-state index in [1.165, 1.54) is 18.5 Å². The lowest BCUT2D eigenvalue weighted by molar-refractivity contribution is 0.331. The predicted molar refractivity (Wildman–Crippen MR) is 122 cm³/mol. The van der Waals surface area contributed by atoms with Gasteiger partial charge < -0.3 is 14.4 Å². The number of anilines is 1. The van der Waals surface area contributed by atoms with E-state index in [-0.39, 0.29) is 30.0 Å². The largest absolute Gasteiger partial charge is 0.772 e. The Morgan fingerprint density at radius 1 is 1.35 bits per heavy atom. The molecule has 1 N–H and O–H groups in total. The third-order valence-electron chi connectivity index (χ3n) is 6.09. The Balaban J connectivity index is 1.39. The molecule has 5 rings (SSSR count). The molecule has 0 aliphatic carbocycles. The van der Waals surface area contributed by atoms with Gasteiger partial charge in [0.15, 0.2) is 11.6 Å². The summed E-state index contributed by atoms with van der Waals surface area (Å²) in [6.45, 7) is 1.02. The first kappa shape index (κ1) is 22.1. The monoisotopic (exact) mass is 479 g/mol. The van der Waals surface area contributed by atoms with Crippen LogP contribution >= 0.6 is 0 Å². The highest BCUT2D eigenvalue weighted by Gasteiger charge is 2.33. The summed E-state index contributed by atoms with van der Waals surface area (Å²) in [7, 11) is 0. The fraction of sp³-hybridized carbons (Fsp3) is 0.318. The minimum Gasteiger partial charge on any atom is -0.772 e. The number of rotatable bonds is 7. The van der Waals surface area contributed by atoms with Gasteiger partial charge in [-0.25, -0.2) is 19.3 Å². The molecular weight excluding hydrogens is 459 g/mol. The third-order valence-corrected chi connectivity index (χ3v) is 6.62. The van der Waals surface area contributed by atoms with Crippen molar-refractivity contribution in [3.63, 3.8) is 0 Å². The molecule has 4 aromatic rings. The first-order chi connectivity index (χ1) is 16.5. The molecule has 3 unspecified atom stereocenters. The molecule has 1 aliphatic rings. The molecule has 12 heteroatoms. The van der Waals surface area contributed by atoms with Crippen LogP contribution in [0.15, 0.2) is 43.1 Å². The molecule has 0 aromatic carbocycles. The quantitative estimate of drug-likeness (QED) is 0.399. The maximum Gasteiger partial charge on any atom is 0.165 e. The summed E-state index contributed by atoms with van der Waals surface area (Å²) in [6.07, 6.45) is 7.85. The summed E-state index contributed by atoms with van der Waals surface area (Å²) < 4.78 is 38.3. The van der Waals surface area contributed by atoms with Crippen molar-refractivity contribution in [3.8, 4) is 17.3 Å². The van der Waals surface area contributed by atoms with E-state index < -0.39 is 16.9 Å². The number of nitrogens with zero attached hydrogens (tertiary/aromatic N) is 7. The van der Waals surface area contributed by atoms with Gasteiger partial charge in [0.25, 0.3) is 0 Å². The normalized spacial score (nSPS) is 17.7. The minimum atomic E-state index is -2.31. The molecule has 3 atom stereocenters. The number of aromatic nitrogens is 6. The van der Waals surface area contributed by atoms with Crippen LogP contribution in [0.4, 0.5) is 10.2 Å². The maximum atomic E-state index is 14.5. The van der Waals surface area contributed by atoms with Crippen molar-refractivity contribution >= 4 is 27.9 Å². The Hall–Kier alpha value is -3.69. The molecule has 1 aliphatic heterocycles. The van der Waals surface area contributed by atoms with Gasteiger partial charge in [0.05, 0.1) is 41.9 Å². The molecule has 4 aromatic heterocycles. The number of hydrogen-bond acceptors (Lipinski definition) is 8. The number of fused-ring (bicyclic) bond motifs is 1. The topological polar surface area (TPSA) is 139 Å². The smallest absolute Gasteiger partial charge is 0.165 e. The summed E-state index contributed by atoms with van der Waals surface area (Å²) in [4.78, 5) is 17.7. The van der Waals surface area contributed by atoms with Gasteiger partial charge in [-0.15, -0.1) is 0 Å². The Morgan fingerprint density at radius 3 is 3.06 bits per heavy atom. The Bertz CT molecular complexity index is 1400. The number of hydrogen-bond donors (Lipinski definition) is 1. The zero-order valence-corrected chi connectivity index (χ0v) is 18.8. The molecular formula is C22H20FN8O2S-. The predicted octanol–water partition coefficient (Wildman–Crippen LogP) is 2.72. The highest BCUT2D eigenvalue weighted by Crippen LogP contribution is 2.34. The molecule has 5 heterocycles. The Labute approximate surface area is 196 Å². The summed E-state index contributed by atoms with van der Waals surface area (Å²) >= 11 is -2.31. The number of H-pyrrole nitrogens is 1. The maximum absolute atomic E-state index is 14.5. The van der Waals surface area contributed by atoms with Gasteiger partial charge >= 0.3 is 0 Å². The number of aromatic amines is 1. The summed E-state index contributed by atoms with van der Waals surface area (Å²) in [5.74, 6) is -0.602. The number of nitrogens with one attached hydrogen (secondary N) is 1. The zero-order chi connectivity index (χ0) is 23.7. The van der Waals surface area contributed by atoms with Crippen LogP contribution < -0.4 is 4.90 Å². The minimum absolute atomic E-state index is 0.0311. The molecule has 0 saturated carbocycles. The van der Waals surface area contributed by atoms with Crippen LogP contribution in [0.1, 0.15) is 24.6 Å². The van der Waals surface area contributed by atoms with Gasteiger partial charge in [0, 0.05) is 42.4 Å². The molecule has 174 valence electrons. The highest BCUT2D eigenvalue weighted by atomic mass is 32.2. The van der Waals surface area contributed by atoms with Gasteiger partial charge in [-0.1, -0.05) is 0 Å². The summed E-state index contributed by atoms with van der Waals surface area (Å²) in [5, 5.41) is 14.9. The van der Waals surface area contributed by atoms with E-state index in [1.54, 1.807) is 22.0 Å². The van der Waals surface area contributed by atoms with E-state index in [1.807, 2.05) is 12.3 Å². The molecule has 0 amide bonds. The molecule has 0 spiro atoms. The zero-order valence-electron chi connectivity index (χ0n) is 18.0. The fourth-order valence-electron chi connectivity index (χ4n) is 4.50. The van der Waals surface area contributed by atoms with Crippen molar-refractivity contribution in [2.24, 2.45) is 5.92 Å². The highest BCUT2D eigenvalue weighted by molar-refractivity contribution is 7.78. The lowest BCUT2D eigenvalue weighted by atomic mass is 9.96. The van der Waals surface area contributed by atoms with Gasteiger partial charge in [0.1, 0.15) is 12.0 Å². The van der Waals surface area contributed by atoms with Gasteiger partial charge in [-0.2, -0.15) is 10.4 Å². The summed E-state index contributed by atoms with van der Waals surface area (Å²) in [6, 6.07) is 6.55. The molecule has 1 fully saturated rings. The third kappa shape index (κ3) is 4.27. The molecule has 34 heavy (non-hydrogen) atoms. The first-order valence-corrected chi connectivity index (χ1v) is 11.9. The van der Waals surface area contributed by atoms with E-state index in [9.17, 15) is 18.4 Å². The molecule has 10 nitrogen and oxygen atoms in total. The van der Waals surface area contributed by atoms with Crippen LogP contribution in [0.3, 0.4) is 0 Å². The van der Waals surface area contributed by atoms with Crippen molar-refractivity contribution in [1.29, 1.82) is 5.26 Å². The van der Waals surface area contributed by atoms with Crippen molar-refractivity contribution in [3.05, 3.63) is 54.6 Å². The second kappa shape index (κ2) is 9.28. The average molecular weight is 480 g/mol. The van der Waals surface area contributed by atoms with Crippen molar-refractivity contribution in [1.82, 2.24) is 29.7 Å². The van der Waals surface area contributed by atoms with E-state index in [4.69, 9.17) is 0 Å². The van der Waals surface area contributed by atoms with Crippen molar-refractivity contribution in [2.75, 3.05) is 18.0 Å². The summed E-state index contributed by atoms with van der Waals surface area (Å²) in [5.41, 5.74) is 2.59. The van der Waals surface area contributed by atoms with Gasteiger partial charge in [-0.05, 0) is 35.7 Å². The van der Waals surface area contributed by atoms with Gasteiger partial charge in [0.2, 0.25) is 0 Å². The van der Waals surface area contributed by atoms with Crippen LogP contribution in [-0.2, 0) is 16.8 Å². The van der Waals surface area contributed by atoms with E-state index in [2.05, 4.69) is 31.1 Å². The Morgan fingerprint density at radius 2 is 2.24 bits per heavy atom. The SMILES string of the molecule is N#CCC(C1CCN(c2nc(CS(=O)[O-])ccc2F)C1)n1cc(-c2ncnc3[nH]ccc23)cn1. The number of nitriles is 1. The molecule has 0 radical (unpaired) electrons. The number of pyridine rings is 1. The van der Waals surface area contributed by atoms with Crippen LogP contribution in [0.5, 0.6) is 0 Å². The lowest BCUT2D eigenvalue weighted by Gasteiger charge is -2.23.